The van der Waals surface area contributed by atoms with Gasteiger partial charge < -0.3 is 20.3 Å². The van der Waals surface area contributed by atoms with E-state index in [1.165, 1.54) is 0 Å². The van der Waals surface area contributed by atoms with Gasteiger partial charge in [0.25, 0.3) is 0 Å². The van der Waals surface area contributed by atoms with Gasteiger partial charge in [0.2, 0.25) is 11.9 Å². The van der Waals surface area contributed by atoms with Gasteiger partial charge in [-0.3, -0.25) is 14.7 Å². The van der Waals surface area contributed by atoms with Crippen molar-refractivity contribution in [2.45, 2.75) is 0 Å². The Morgan fingerprint density at radius 1 is 1.00 bits per heavy atom. The number of nitrogens with zero attached hydrogens (tertiary/aromatic N) is 5. The van der Waals surface area contributed by atoms with Crippen LogP contribution in [0.2, 0.25) is 0 Å². The topological polar surface area (TPSA) is 95.5 Å². The number of aromatic nitrogens is 3. The molecule has 1 saturated heterocycles. The Kier molecular flexibility index (Phi) is 6.90. The molecule has 2 aromatic carbocycles. The number of rotatable bonds is 7. The van der Waals surface area contributed by atoms with Crippen molar-refractivity contribution in [1.82, 2.24) is 19.9 Å². The lowest BCUT2D eigenvalue weighted by molar-refractivity contribution is -0.117. The summed E-state index contributed by atoms with van der Waals surface area (Å²) in [5.41, 5.74) is 3.56. The number of methoxy groups -OCH3 is 1. The van der Waals surface area contributed by atoms with Crippen LogP contribution in [-0.2, 0) is 4.79 Å². The SMILES string of the molecule is CNc1nccc(-c2cc(NC(=O)CN3CCN(c4ccncc4)CC3)c3cc(OC)ccc3c2)n1. The summed E-state index contributed by atoms with van der Waals surface area (Å²) in [6.07, 6.45) is 5.34. The highest BCUT2D eigenvalue weighted by Gasteiger charge is 2.20. The number of fused-ring (bicyclic) bond motifs is 1. The number of carbonyl (C=O) groups is 1. The summed E-state index contributed by atoms with van der Waals surface area (Å²) in [6, 6.07) is 15.8. The predicted octanol–water partition coefficient (Wildman–Crippen LogP) is 3.50. The Bertz CT molecular complexity index is 1360. The summed E-state index contributed by atoms with van der Waals surface area (Å²) in [5.74, 6) is 1.23. The summed E-state index contributed by atoms with van der Waals surface area (Å²) in [5, 5.41) is 8.02. The van der Waals surface area contributed by atoms with Gasteiger partial charge in [-0.05, 0) is 47.9 Å². The number of amides is 1. The molecule has 0 spiro atoms. The van der Waals surface area contributed by atoms with E-state index < -0.39 is 0 Å². The van der Waals surface area contributed by atoms with Crippen molar-refractivity contribution in [3.8, 4) is 17.0 Å². The predicted molar refractivity (Wildman–Crippen MR) is 143 cm³/mol. The smallest absolute Gasteiger partial charge is 0.238 e. The molecule has 0 unspecified atom stereocenters. The van der Waals surface area contributed by atoms with E-state index in [0.717, 1.165) is 65.3 Å². The van der Waals surface area contributed by atoms with Crippen LogP contribution in [0.1, 0.15) is 0 Å². The number of carbonyl (C=O) groups excluding carboxylic acids is 1. The summed E-state index contributed by atoms with van der Waals surface area (Å²) < 4.78 is 5.44. The van der Waals surface area contributed by atoms with E-state index in [0.29, 0.717) is 12.5 Å². The van der Waals surface area contributed by atoms with Crippen molar-refractivity contribution in [2.75, 3.05) is 62.4 Å². The van der Waals surface area contributed by atoms with Crippen LogP contribution in [0.15, 0.2) is 67.1 Å². The van der Waals surface area contributed by atoms with Crippen LogP contribution in [0.25, 0.3) is 22.0 Å². The van der Waals surface area contributed by atoms with E-state index in [9.17, 15) is 4.79 Å². The highest BCUT2D eigenvalue weighted by molar-refractivity contribution is 6.05. The van der Waals surface area contributed by atoms with E-state index in [2.05, 4.69) is 41.5 Å². The Morgan fingerprint density at radius 3 is 2.56 bits per heavy atom. The van der Waals surface area contributed by atoms with Crippen molar-refractivity contribution < 1.29 is 9.53 Å². The quantitative estimate of drug-likeness (QED) is 0.412. The lowest BCUT2D eigenvalue weighted by atomic mass is 10.0. The van der Waals surface area contributed by atoms with E-state index in [4.69, 9.17) is 4.74 Å². The lowest BCUT2D eigenvalue weighted by Crippen LogP contribution is -2.48. The van der Waals surface area contributed by atoms with Gasteiger partial charge in [0.05, 0.1) is 19.3 Å². The largest absolute Gasteiger partial charge is 0.497 e. The molecule has 1 aliphatic heterocycles. The Hall–Kier alpha value is -4.24. The fraction of sp³-hybridized carbons (Fsp3) is 0.259. The van der Waals surface area contributed by atoms with Crippen LogP contribution in [0, 0.1) is 0 Å². The third-order valence-electron chi connectivity index (χ3n) is 6.38. The van der Waals surface area contributed by atoms with Crippen LogP contribution < -0.4 is 20.3 Å². The van der Waals surface area contributed by atoms with Gasteiger partial charge in [0, 0.05) is 74.1 Å². The van der Waals surface area contributed by atoms with Crippen LogP contribution in [-0.4, -0.2) is 72.6 Å². The third kappa shape index (κ3) is 5.21. The molecule has 0 aliphatic carbocycles. The molecule has 4 aromatic rings. The minimum Gasteiger partial charge on any atom is -0.497 e. The van der Waals surface area contributed by atoms with Gasteiger partial charge in [-0.1, -0.05) is 6.07 Å². The van der Waals surface area contributed by atoms with Gasteiger partial charge in [-0.25, -0.2) is 9.97 Å². The molecule has 9 nitrogen and oxygen atoms in total. The Morgan fingerprint density at radius 2 is 1.81 bits per heavy atom. The standard InChI is InChI=1S/C27H29N7O2/c1-28-27-30-10-7-24(32-27)20-15-19-3-4-22(36-2)17-23(19)25(16-20)31-26(35)18-33-11-13-34(14-12-33)21-5-8-29-9-6-21/h3-10,15-17H,11-14,18H2,1-2H3,(H,31,35)(H,28,30,32). The number of pyridine rings is 1. The van der Waals surface area contributed by atoms with E-state index in [1.807, 2.05) is 54.9 Å². The first-order valence-corrected chi connectivity index (χ1v) is 11.9. The van der Waals surface area contributed by atoms with Crippen molar-refractivity contribution >= 4 is 34.0 Å². The minimum atomic E-state index is -0.0489. The van der Waals surface area contributed by atoms with Crippen LogP contribution in [0.3, 0.4) is 0 Å². The average molecular weight is 484 g/mol. The van der Waals surface area contributed by atoms with E-state index >= 15 is 0 Å². The van der Waals surface area contributed by atoms with Crippen molar-refractivity contribution in [3.63, 3.8) is 0 Å². The number of anilines is 3. The Labute approximate surface area is 210 Å². The molecule has 3 heterocycles. The van der Waals surface area contributed by atoms with Crippen LogP contribution in [0.5, 0.6) is 5.75 Å². The average Bonchev–Trinajstić information content (AvgIpc) is 2.93. The molecule has 0 bridgehead atoms. The number of benzene rings is 2. The maximum absolute atomic E-state index is 13.1. The highest BCUT2D eigenvalue weighted by Crippen LogP contribution is 2.33. The minimum absolute atomic E-state index is 0.0489. The zero-order valence-corrected chi connectivity index (χ0v) is 20.4. The zero-order chi connectivity index (χ0) is 24.9. The monoisotopic (exact) mass is 483 g/mol. The van der Waals surface area contributed by atoms with Gasteiger partial charge in [-0.15, -0.1) is 0 Å². The number of ether oxygens (including phenoxy) is 1. The molecule has 2 aromatic heterocycles. The molecular weight excluding hydrogens is 454 g/mol. The second kappa shape index (κ2) is 10.6. The maximum atomic E-state index is 13.1. The maximum Gasteiger partial charge on any atom is 0.238 e. The molecule has 2 N–H and O–H groups in total. The molecule has 9 heteroatoms. The first kappa shape index (κ1) is 23.5. The second-order valence-corrected chi connectivity index (χ2v) is 8.64. The molecule has 5 rings (SSSR count). The summed E-state index contributed by atoms with van der Waals surface area (Å²) in [4.78, 5) is 30.5. The van der Waals surface area contributed by atoms with E-state index in [-0.39, 0.29) is 5.91 Å². The van der Waals surface area contributed by atoms with E-state index in [1.54, 1.807) is 20.4 Å². The molecule has 36 heavy (non-hydrogen) atoms. The van der Waals surface area contributed by atoms with Crippen molar-refractivity contribution in [2.24, 2.45) is 0 Å². The fourth-order valence-corrected chi connectivity index (χ4v) is 4.47. The molecule has 1 aliphatic rings. The number of hydrogen-bond donors (Lipinski definition) is 2. The van der Waals surface area contributed by atoms with Crippen molar-refractivity contribution in [3.05, 3.63) is 67.1 Å². The molecule has 184 valence electrons. The fourth-order valence-electron chi connectivity index (χ4n) is 4.47. The first-order chi connectivity index (χ1) is 17.6. The molecule has 1 amide bonds. The summed E-state index contributed by atoms with van der Waals surface area (Å²) in [6.45, 7) is 3.70. The van der Waals surface area contributed by atoms with Gasteiger partial charge in [0.1, 0.15) is 5.75 Å². The Balaban J connectivity index is 1.35. The molecule has 0 saturated carbocycles. The molecule has 0 radical (unpaired) electrons. The molecule has 1 fully saturated rings. The number of nitrogens with one attached hydrogen (secondary N) is 2. The van der Waals surface area contributed by atoms with Crippen LogP contribution in [0.4, 0.5) is 17.3 Å². The van der Waals surface area contributed by atoms with Crippen LogP contribution >= 0.6 is 0 Å². The molecule has 0 atom stereocenters. The molecular formula is C27H29N7O2. The zero-order valence-electron chi connectivity index (χ0n) is 20.4. The van der Waals surface area contributed by atoms with Gasteiger partial charge >= 0.3 is 0 Å². The first-order valence-electron chi connectivity index (χ1n) is 11.9. The third-order valence-corrected chi connectivity index (χ3v) is 6.38. The number of piperazine rings is 1. The normalized spacial score (nSPS) is 14.0. The summed E-state index contributed by atoms with van der Waals surface area (Å²) >= 11 is 0. The van der Waals surface area contributed by atoms with Gasteiger partial charge in [-0.2, -0.15) is 0 Å². The van der Waals surface area contributed by atoms with Crippen molar-refractivity contribution in [1.29, 1.82) is 0 Å². The van der Waals surface area contributed by atoms with Gasteiger partial charge in [0.15, 0.2) is 0 Å². The highest BCUT2D eigenvalue weighted by atomic mass is 16.5. The number of hydrogen-bond acceptors (Lipinski definition) is 8. The second-order valence-electron chi connectivity index (χ2n) is 8.64. The lowest BCUT2D eigenvalue weighted by Gasteiger charge is -2.35. The summed E-state index contributed by atoms with van der Waals surface area (Å²) in [7, 11) is 3.42.